The first-order chi connectivity index (χ1) is 7.84. The van der Waals surface area contributed by atoms with E-state index in [0.717, 1.165) is 18.7 Å². The molecule has 0 saturated carbocycles. The first kappa shape index (κ1) is 9.85. The lowest BCUT2D eigenvalue weighted by atomic mass is 9.90. The molecule has 1 atom stereocenters. The maximum atomic E-state index is 13.1. The van der Waals surface area contributed by atoms with Gasteiger partial charge in [0.1, 0.15) is 5.82 Å². The van der Waals surface area contributed by atoms with Gasteiger partial charge in [-0.3, -0.25) is 0 Å². The molecule has 1 N–H and O–H groups in total. The molecular formula is C13H12FNS. The van der Waals surface area contributed by atoms with E-state index in [-0.39, 0.29) is 5.82 Å². The van der Waals surface area contributed by atoms with E-state index in [4.69, 9.17) is 0 Å². The minimum absolute atomic E-state index is 0.168. The van der Waals surface area contributed by atoms with E-state index in [0.29, 0.717) is 5.92 Å². The maximum absolute atomic E-state index is 13.1. The summed E-state index contributed by atoms with van der Waals surface area (Å²) in [4.78, 5) is 1.37. The summed E-state index contributed by atoms with van der Waals surface area (Å²) in [6.07, 6.45) is 1.08. The van der Waals surface area contributed by atoms with Gasteiger partial charge in [0.05, 0.1) is 0 Å². The molecule has 0 amide bonds. The highest BCUT2D eigenvalue weighted by atomic mass is 32.1. The number of fused-ring (bicyclic) bond motifs is 1. The Morgan fingerprint density at radius 2 is 2.25 bits per heavy atom. The average molecular weight is 233 g/mol. The number of hydrogen-bond acceptors (Lipinski definition) is 2. The molecule has 0 fully saturated rings. The van der Waals surface area contributed by atoms with Gasteiger partial charge in [0.25, 0.3) is 0 Å². The Balaban J connectivity index is 2.06. The van der Waals surface area contributed by atoms with Crippen molar-refractivity contribution in [3.05, 3.63) is 52.0 Å². The van der Waals surface area contributed by atoms with Crippen molar-refractivity contribution in [2.24, 2.45) is 0 Å². The summed E-state index contributed by atoms with van der Waals surface area (Å²) in [5.41, 5.74) is 2.17. The molecule has 0 saturated heterocycles. The lowest BCUT2D eigenvalue weighted by molar-refractivity contribution is 0.624. The zero-order chi connectivity index (χ0) is 11.0. The molecule has 2 heterocycles. The number of anilines is 1. The van der Waals surface area contributed by atoms with Crippen LogP contribution in [0.15, 0.2) is 35.7 Å². The Bertz CT molecular complexity index is 493. The SMILES string of the molecule is Fc1ccc2c(c1)NCCC2c1cccs1. The van der Waals surface area contributed by atoms with Gasteiger partial charge in [-0.1, -0.05) is 12.1 Å². The van der Waals surface area contributed by atoms with Gasteiger partial charge in [-0.15, -0.1) is 11.3 Å². The molecule has 0 bridgehead atoms. The number of halogens is 1. The van der Waals surface area contributed by atoms with E-state index in [9.17, 15) is 4.39 Å². The highest BCUT2D eigenvalue weighted by Crippen LogP contribution is 2.38. The van der Waals surface area contributed by atoms with Crippen molar-refractivity contribution in [3.8, 4) is 0 Å². The van der Waals surface area contributed by atoms with Crippen molar-refractivity contribution in [3.63, 3.8) is 0 Å². The van der Waals surface area contributed by atoms with Gasteiger partial charge in [0.2, 0.25) is 0 Å². The number of thiophene rings is 1. The van der Waals surface area contributed by atoms with Crippen molar-refractivity contribution in [2.75, 3.05) is 11.9 Å². The molecule has 0 radical (unpaired) electrons. The number of benzene rings is 1. The smallest absolute Gasteiger partial charge is 0.125 e. The van der Waals surface area contributed by atoms with Gasteiger partial charge < -0.3 is 5.32 Å². The molecule has 1 aliphatic heterocycles. The Labute approximate surface area is 97.9 Å². The topological polar surface area (TPSA) is 12.0 Å². The summed E-state index contributed by atoms with van der Waals surface area (Å²) in [5.74, 6) is 0.259. The third kappa shape index (κ3) is 1.61. The fourth-order valence-corrected chi connectivity index (χ4v) is 3.16. The summed E-state index contributed by atoms with van der Waals surface area (Å²) in [5, 5.41) is 5.36. The van der Waals surface area contributed by atoms with E-state index >= 15 is 0 Å². The van der Waals surface area contributed by atoms with Gasteiger partial charge in [0, 0.05) is 23.0 Å². The second-order valence-electron chi connectivity index (χ2n) is 4.02. The minimum Gasteiger partial charge on any atom is -0.385 e. The molecule has 2 aromatic rings. The van der Waals surface area contributed by atoms with Crippen molar-refractivity contribution in [1.29, 1.82) is 0 Å². The summed E-state index contributed by atoms with van der Waals surface area (Å²) in [6.45, 7) is 0.916. The van der Waals surface area contributed by atoms with Gasteiger partial charge in [0.15, 0.2) is 0 Å². The minimum atomic E-state index is -0.168. The van der Waals surface area contributed by atoms with Crippen LogP contribution in [0.5, 0.6) is 0 Å². The molecule has 1 unspecified atom stereocenters. The summed E-state index contributed by atoms with van der Waals surface area (Å²) in [6, 6.07) is 9.28. The Kier molecular flexibility index (Phi) is 2.40. The van der Waals surface area contributed by atoms with E-state index in [1.165, 1.54) is 10.4 Å². The van der Waals surface area contributed by atoms with Crippen LogP contribution in [-0.4, -0.2) is 6.54 Å². The predicted octanol–water partition coefficient (Wildman–Crippen LogP) is 3.83. The van der Waals surface area contributed by atoms with E-state index in [2.05, 4.69) is 22.8 Å². The van der Waals surface area contributed by atoms with Crippen LogP contribution in [0.2, 0.25) is 0 Å². The second kappa shape index (κ2) is 3.91. The van der Waals surface area contributed by atoms with Crippen molar-refractivity contribution < 1.29 is 4.39 Å². The Morgan fingerprint density at radius 3 is 3.06 bits per heavy atom. The molecule has 16 heavy (non-hydrogen) atoms. The van der Waals surface area contributed by atoms with Crippen LogP contribution in [0.4, 0.5) is 10.1 Å². The van der Waals surface area contributed by atoms with Crippen LogP contribution in [0.1, 0.15) is 22.8 Å². The number of hydrogen-bond donors (Lipinski definition) is 1. The monoisotopic (exact) mass is 233 g/mol. The van der Waals surface area contributed by atoms with Crippen LogP contribution in [0, 0.1) is 5.82 Å². The third-order valence-electron chi connectivity index (χ3n) is 3.03. The highest BCUT2D eigenvalue weighted by Gasteiger charge is 2.22. The van der Waals surface area contributed by atoms with Crippen LogP contribution in [0.3, 0.4) is 0 Å². The molecular weight excluding hydrogens is 221 g/mol. The van der Waals surface area contributed by atoms with Gasteiger partial charge >= 0.3 is 0 Å². The van der Waals surface area contributed by atoms with Crippen LogP contribution in [0.25, 0.3) is 0 Å². The quantitative estimate of drug-likeness (QED) is 0.789. The first-order valence-electron chi connectivity index (χ1n) is 5.41. The van der Waals surface area contributed by atoms with E-state index in [1.807, 2.05) is 6.07 Å². The number of rotatable bonds is 1. The molecule has 1 aliphatic rings. The molecule has 1 aromatic heterocycles. The zero-order valence-corrected chi connectivity index (χ0v) is 9.56. The lowest BCUT2D eigenvalue weighted by Crippen LogP contribution is -2.17. The van der Waals surface area contributed by atoms with Gasteiger partial charge in [-0.05, 0) is 35.6 Å². The summed E-state index contributed by atoms with van der Waals surface area (Å²) >= 11 is 1.78. The van der Waals surface area contributed by atoms with Crippen molar-refractivity contribution in [1.82, 2.24) is 0 Å². The largest absolute Gasteiger partial charge is 0.385 e. The highest BCUT2D eigenvalue weighted by molar-refractivity contribution is 7.10. The molecule has 1 aromatic carbocycles. The summed E-state index contributed by atoms with van der Waals surface area (Å²) in [7, 11) is 0. The van der Waals surface area contributed by atoms with Crippen LogP contribution >= 0.6 is 11.3 Å². The molecule has 3 rings (SSSR count). The fraction of sp³-hybridized carbons (Fsp3) is 0.231. The molecule has 0 spiro atoms. The fourth-order valence-electron chi connectivity index (χ4n) is 2.28. The first-order valence-corrected chi connectivity index (χ1v) is 6.29. The van der Waals surface area contributed by atoms with Crippen molar-refractivity contribution in [2.45, 2.75) is 12.3 Å². The van der Waals surface area contributed by atoms with E-state index in [1.54, 1.807) is 23.5 Å². The average Bonchev–Trinajstić information content (AvgIpc) is 2.81. The molecule has 1 nitrogen and oxygen atoms in total. The maximum Gasteiger partial charge on any atom is 0.125 e. The van der Waals surface area contributed by atoms with Crippen LogP contribution < -0.4 is 5.32 Å². The Hall–Kier alpha value is -1.35. The normalized spacial score (nSPS) is 18.9. The zero-order valence-electron chi connectivity index (χ0n) is 8.74. The van der Waals surface area contributed by atoms with E-state index < -0.39 is 0 Å². The molecule has 0 aliphatic carbocycles. The molecule has 82 valence electrons. The standard InChI is InChI=1S/C13H12FNS/c14-9-3-4-10-11(13-2-1-7-16-13)5-6-15-12(10)8-9/h1-4,7-8,11,15H,5-6H2. The number of nitrogens with one attached hydrogen (secondary N) is 1. The van der Waals surface area contributed by atoms with Gasteiger partial charge in [-0.2, -0.15) is 0 Å². The van der Waals surface area contributed by atoms with Crippen molar-refractivity contribution >= 4 is 17.0 Å². The predicted molar refractivity (Wildman–Crippen MR) is 65.7 cm³/mol. The third-order valence-corrected chi connectivity index (χ3v) is 4.01. The second-order valence-corrected chi connectivity index (χ2v) is 4.99. The lowest BCUT2D eigenvalue weighted by Gasteiger charge is -2.26. The molecule has 3 heteroatoms. The Morgan fingerprint density at radius 1 is 1.31 bits per heavy atom. The van der Waals surface area contributed by atoms with Crippen LogP contribution in [-0.2, 0) is 0 Å². The van der Waals surface area contributed by atoms with Gasteiger partial charge in [-0.25, -0.2) is 4.39 Å². The summed E-state index contributed by atoms with van der Waals surface area (Å²) < 4.78 is 13.1.